The molecule has 5 nitrogen and oxygen atoms in total. The van der Waals surface area contributed by atoms with Crippen molar-refractivity contribution in [1.29, 1.82) is 0 Å². The number of nitrogen functional groups attached to an aromatic ring is 3. The van der Waals surface area contributed by atoms with E-state index < -0.39 is 0 Å². The standard InChI is InChI=1S/C11H13N5/c12-8-6-9(13)16-11(14)10(8)15-7-4-2-1-3-5-7/h1-6,15H,(H6,12,13,14,16). The lowest BCUT2D eigenvalue weighted by Crippen LogP contribution is -2.05. The lowest BCUT2D eigenvalue weighted by atomic mass is 10.2. The van der Waals surface area contributed by atoms with E-state index >= 15 is 0 Å². The average molecular weight is 215 g/mol. The van der Waals surface area contributed by atoms with E-state index in [1.807, 2.05) is 30.3 Å². The topological polar surface area (TPSA) is 103 Å². The zero-order chi connectivity index (χ0) is 11.5. The van der Waals surface area contributed by atoms with Crippen LogP contribution >= 0.6 is 0 Å². The number of hydrogen-bond donors (Lipinski definition) is 4. The van der Waals surface area contributed by atoms with Crippen LogP contribution in [0.25, 0.3) is 0 Å². The number of pyridine rings is 1. The highest BCUT2D eigenvalue weighted by atomic mass is 15.0. The van der Waals surface area contributed by atoms with Gasteiger partial charge in [-0.15, -0.1) is 0 Å². The molecule has 7 N–H and O–H groups in total. The van der Waals surface area contributed by atoms with Gasteiger partial charge in [-0.1, -0.05) is 18.2 Å². The molecule has 0 saturated carbocycles. The van der Waals surface area contributed by atoms with Gasteiger partial charge in [-0.3, -0.25) is 0 Å². The zero-order valence-corrected chi connectivity index (χ0v) is 8.64. The molecule has 82 valence electrons. The molecule has 1 heterocycles. The molecule has 0 aliphatic carbocycles. The van der Waals surface area contributed by atoms with Gasteiger partial charge in [0.05, 0.1) is 5.69 Å². The minimum Gasteiger partial charge on any atom is -0.397 e. The fraction of sp³-hybridized carbons (Fsp3) is 0. The van der Waals surface area contributed by atoms with Gasteiger partial charge in [-0.05, 0) is 12.1 Å². The highest BCUT2D eigenvalue weighted by Crippen LogP contribution is 2.29. The number of benzene rings is 1. The molecule has 0 aliphatic rings. The number of nitrogens with two attached hydrogens (primary N) is 3. The van der Waals surface area contributed by atoms with Crippen LogP contribution in [0.15, 0.2) is 36.4 Å². The van der Waals surface area contributed by atoms with Gasteiger partial charge < -0.3 is 22.5 Å². The summed E-state index contributed by atoms with van der Waals surface area (Å²) in [4.78, 5) is 3.94. The number of hydrogen-bond acceptors (Lipinski definition) is 5. The van der Waals surface area contributed by atoms with Crippen molar-refractivity contribution in [2.75, 3.05) is 22.5 Å². The molecule has 1 aromatic carbocycles. The predicted molar refractivity (Wildman–Crippen MR) is 67.2 cm³/mol. The Morgan fingerprint density at radius 1 is 1.00 bits per heavy atom. The molecule has 2 rings (SSSR count). The van der Waals surface area contributed by atoms with Crippen molar-refractivity contribution < 1.29 is 0 Å². The molecule has 0 spiro atoms. The molecule has 0 amide bonds. The maximum atomic E-state index is 5.81. The Morgan fingerprint density at radius 2 is 1.69 bits per heavy atom. The zero-order valence-electron chi connectivity index (χ0n) is 8.64. The number of rotatable bonds is 2. The van der Waals surface area contributed by atoms with E-state index in [1.54, 1.807) is 6.07 Å². The SMILES string of the molecule is Nc1cc(N)c(Nc2ccccc2)c(N)n1. The van der Waals surface area contributed by atoms with E-state index in [-0.39, 0.29) is 0 Å². The van der Waals surface area contributed by atoms with Crippen LogP contribution in [-0.2, 0) is 0 Å². The summed E-state index contributed by atoms with van der Waals surface area (Å²) in [5.74, 6) is 0.606. The molecule has 16 heavy (non-hydrogen) atoms. The minimum atomic E-state index is 0.293. The third-order valence-electron chi connectivity index (χ3n) is 2.14. The van der Waals surface area contributed by atoms with Gasteiger partial charge >= 0.3 is 0 Å². The van der Waals surface area contributed by atoms with Crippen LogP contribution in [0.3, 0.4) is 0 Å². The van der Waals surface area contributed by atoms with Crippen LogP contribution in [0, 0.1) is 0 Å². The number of anilines is 5. The molecule has 5 heteroatoms. The first-order chi connectivity index (χ1) is 7.66. The average Bonchev–Trinajstić information content (AvgIpc) is 2.25. The molecule has 0 unspecified atom stereocenters. The van der Waals surface area contributed by atoms with Crippen molar-refractivity contribution in [2.45, 2.75) is 0 Å². The van der Waals surface area contributed by atoms with Gasteiger partial charge in [0.15, 0.2) is 5.82 Å². The van der Waals surface area contributed by atoms with Crippen molar-refractivity contribution in [3.63, 3.8) is 0 Å². The van der Waals surface area contributed by atoms with E-state index in [0.29, 0.717) is 23.0 Å². The molecule has 0 aliphatic heterocycles. The highest BCUT2D eigenvalue weighted by molar-refractivity contribution is 5.83. The van der Waals surface area contributed by atoms with E-state index in [1.165, 1.54) is 0 Å². The van der Waals surface area contributed by atoms with Crippen LogP contribution in [0.1, 0.15) is 0 Å². The van der Waals surface area contributed by atoms with Gasteiger partial charge in [0, 0.05) is 11.8 Å². The predicted octanol–water partition coefficient (Wildman–Crippen LogP) is 1.57. The monoisotopic (exact) mass is 215 g/mol. The normalized spacial score (nSPS) is 10.0. The third kappa shape index (κ3) is 1.98. The lowest BCUT2D eigenvalue weighted by molar-refractivity contribution is 1.34. The number of nitrogens with zero attached hydrogens (tertiary/aromatic N) is 1. The number of para-hydroxylation sites is 1. The summed E-state index contributed by atoms with van der Waals surface area (Å²) in [6.45, 7) is 0. The first-order valence-electron chi connectivity index (χ1n) is 4.80. The van der Waals surface area contributed by atoms with Crippen molar-refractivity contribution in [3.8, 4) is 0 Å². The molecule has 1 aromatic heterocycles. The molecule has 0 radical (unpaired) electrons. The molecule has 2 aromatic rings. The van der Waals surface area contributed by atoms with Crippen LogP contribution in [0.5, 0.6) is 0 Å². The summed E-state index contributed by atoms with van der Waals surface area (Å²) < 4.78 is 0. The molecule has 0 atom stereocenters. The summed E-state index contributed by atoms with van der Waals surface area (Å²) >= 11 is 0. The Bertz CT molecular complexity index is 472. The summed E-state index contributed by atoms with van der Waals surface area (Å²) in [6.07, 6.45) is 0. The Balaban J connectivity index is 2.35. The Hall–Kier alpha value is -2.43. The minimum absolute atomic E-state index is 0.293. The Labute approximate surface area is 93.3 Å². The second kappa shape index (κ2) is 3.98. The van der Waals surface area contributed by atoms with Crippen molar-refractivity contribution >= 4 is 28.7 Å². The van der Waals surface area contributed by atoms with Crippen LogP contribution in [-0.4, -0.2) is 4.98 Å². The van der Waals surface area contributed by atoms with Gasteiger partial charge in [0.2, 0.25) is 0 Å². The van der Waals surface area contributed by atoms with Crippen molar-refractivity contribution in [3.05, 3.63) is 36.4 Å². The van der Waals surface area contributed by atoms with Crippen molar-refractivity contribution in [1.82, 2.24) is 4.98 Å². The third-order valence-corrected chi connectivity index (χ3v) is 2.14. The van der Waals surface area contributed by atoms with E-state index in [0.717, 1.165) is 5.69 Å². The number of aromatic nitrogens is 1. The lowest BCUT2D eigenvalue weighted by Gasteiger charge is -2.11. The first kappa shape index (κ1) is 10.1. The molecular weight excluding hydrogens is 202 g/mol. The molecule has 0 bridgehead atoms. The van der Waals surface area contributed by atoms with E-state index in [9.17, 15) is 0 Å². The van der Waals surface area contributed by atoms with Crippen molar-refractivity contribution in [2.24, 2.45) is 0 Å². The Morgan fingerprint density at radius 3 is 2.31 bits per heavy atom. The number of nitrogens with one attached hydrogen (secondary N) is 1. The maximum absolute atomic E-state index is 5.81. The molecule has 0 fully saturated rings. The fourth-order valence-electron chi connectivity index (χ4n) is 1.41. The van der Waals surface area contributed by atoms with E-state index in [2.05, 4.69) is 10.3 Å². The second-order valence-corrected chi connectivity index (χ2v) is 3.39. The quantitative estimate of drug-likeness (QED) is 0.609. The first-order valence-corrected chi connectivity index (χ1v) is 4.80. The van der Waals surface area contributed by atoms with Crippen LogP contribution in [0.2, 0.25) is 0 Å². The fourth-order valence-corrected chi connectivity index (χ4v) is 1.41. The van der Waals surface area contributed by atoms with Crippen LogP contribution < -0.4 is 22.5 Å². The smallest absolute Gasteiger partial charge is 0.151 e. The molecule has 0 saturated heterocycles. The summed E-state index contributed by atoms with van der Waals surface area (Å²) in [5.41, 5.74) is 19.0. The van der Waals surface area contributed by atoms with Gasteiger partial charge in [-0.25, -0.2) is 4.98 Å². The van der Waals surface area contributed by atoms with E-state index in [4.69, 9.17) is 17.2 Å². The highest BCUT2D eigenvalue weighted by Gasteiger charge is 2.06. The summed E-state index contributed by atoms with van der Waals surface area (Å²) in [6, 6.07) is 11.2. The molecular formula is C11H13N5. The van der Waals surface area contributed by atoms with Crippen LogP contribution in [0.4, 0.5) is 28.7 Å². The Kier molecular flexibility index (Phi) is 2.51. The summed E-state index contributed by atoms with van der Waals surface area (Å²) in [7, 11) is 0. The maximum Gasteiger partial charge on any atom is 0.151 e. The largest absolute Gasteiger partial charge is 0.397 e. The second-order valence-electron chi connectivity index (χ2n) is 3.39. The summed E-state index contributed by atoms with van der Waals surface area (Å²) in [5, 5.41) is 3.10. The van der Waals surface area contributed by atoms with Gasteiger partial charge in [0.1, 0.15) is 11.5 Å². The van der Waals surface area contributed by atoms with Gasteiger partial charge in [-0.2, -0.15) is 0 Å². The van der Waals surface area contributed by atoms with Gasteiger partial charge in [0.25, 0.3) is 0 Å².